The Labute approximate surface area is 169 Å². The van der Waals surface area contributed by atoms with Crippen molar-refractivity contribution in [1.29, 1.82) is 0 Å². The normalized spacial score (nSPS) is 12.8. The van der Waals surface area contributed by atoms with Gasteiger partial charge in [0.1, 0.15) is 35.1 Å². The standard InChI is InChI=1S/C22H23N3O4/c1-21(2,27)9-11-24(12-10-22(3,4)28)20(26)17-15-25-13-14-29-18-8-6-5-7-16(18)19(25)23-17/h5-8,15,27-28H,13-14H2,1-4H3. The molecule has 0 fully saturated rings. The van der Waals surface area contributed by atoms with Crippen LogP contribution in [0.2, 0.25) is 0 Å². The highest BCUT2D eigenvalue weighted by atomic mass is 16.5. The summed E-state index contributed by atoms with van der Waals surface area (Å²) in [6.45, 7) is 7.00. The Morgan fingerprint density at radius 2 is 1.76 bits per heavy atom. The molecule has 150 valence electrons. The molecule has 0 saturated carbocycles. The number of aliphatic hydroxyl groups is 2. The monoisotopic (exact) mass is 393 g/mol. The lowest BCUT2D eigenvalue weighted by atomic mass is 10.1. The van der Waals surface area contributed by atoms with Crippen LogP contribution in [0.15, 0.2) is 30.5 Å². The van der Waals surface area contributed by atoms with Crippen LogP contribution in [-0.2, 0) is 6.54 Å². The van der Waals surface area contributed by atoms with Gasteiger partial charge in [-0.1, -0.05) is 12.1 Å². The van der Waals surface area contributed by atoms with E-state index in [1.165, 1.54) is 27.7 Å². The van der Waals surface area contributed by atoms with E-state index in [-0.39, 0.29) is 5.69 Å². The van der Waals surface area contributed by atoms with E-state index in [2.05, 4.69) is 28.9 Å². The van der Waals surface area contributed by atoms with E-state index in [0.717, 1.165) is 10.5 Å². The van der Waals surface area contributed by atoms with Crippen LogP contribution in [0, 0.1) is 23.9 Å². The first-order valence-corrected chi connectivity index (χ1v) is 9.18. The molecule has 1 aliphatic heterocycles. The number of amides is 1. The van der Waals surface area contributed by atoms with Crippen molar-refractivity contribution in [1.82, 2.24) is 14.5 Å². The molecule has 2 aromatic rings. The highest BCUT2D eigenvalue weighted by Gasteiger charge is 2.23. The first-order chi connectivity index (χ1) is 13.5. The first-order valence-electron chi connectivity index (χ1n) is 9.18. The van der Waals surface area contributed by atoms with E-state index in [1.54, 1.807) is 6.20 Å². The fourth-order valence-corrected chi connectivity index (χ4v) is 2.57. The van der Waals surface area contributed by atoms with Crippen LogP contribution < -0.4 is 4.74 Å². The number of hydrogen-bond acceptors (Lipinski definition) is 5. The van der Waals surface area contributed by atoms with Gasteiger partial charge in [-0.25, -0.2) is 4.98 Å². The molecular weight excluding hydrogens is 370 g/mol. The largest absolute Gasteiger partial charge is 0.491 e. The molecule has 0 atom stereocenters. The van der Waals surface area contributed by atoms with Crippen LogP contribution in [0.25, 0.3) is 11.4 Å². The number of aromatic nitrogens is 2. The summed E-state index contributed by atoms with van der Waals surface area (Å²) in [6.07, 6.45) is 1.63. The number of rotatable bonds is 1. The lowest BCUT2D eigenvalue weighted by molar-refractivity contribution is 0.0880. The molecule has 0 spiro atoms. The van der Waals surface area contributed by atoms with Gasteiger partial charge in [-0.3, -0.25) is 4.79 Å². The van der Waals surface area contributed by atoms with Crippen molar-refractivity contribution in [2.75, 3.05) is 6.61 Å². The molecule has 3 rings (SSSR count). The Balaban J connectivity index is 2.01. The van der Waals surface area contributed by atoms with E-state index in [9.17, 15) is 15.0 Å². The Morgan fingerprint density at radius 1 is 1.14 bits per heavy atom. The van der Waals surface area contributed by atoms with Crippen LogP contribution in [0.4, 0.5) is 0 Å². The molecule has 1 aliphatic rings. The van der Waals surface area contributed by atoms with Gasteiger partial charge in [0.2, 0.25) is 0 Å². The quantitative estimate of drug-likeness (QED) is 0.570. The molecule has 29 heavy (non-hydrogen) atoms. The molecule has 2 heterocycles. The van der Waals surface area contributed by atoms with Gasteiger partial charge in [-0.05, 0) is 51.7 Å². The van der Waals surface area contributed by atoms with E-state index in [1.807, 2.05) is 28.8 Å². The van der Waals surface area contributed by atoms with Crippen LogP contribution in [0.5, 0.6) is 5.75 Å². The van der Waals surface area contributed by atoms with Gasteiger partial charge in [0, 0.05) is 18.3 Å². The van der Waals surface area contributed by atoms with Gasteiger partial charge in [0.25, 0.3) is 5.91 Å². The summed E-state index contributed by atoms with van der Waals surface area (Å²) in [4.78, 5) is 18.5. The van der Waals surface area contributed by atoms with Crippen LogP contribution in [-0.4, -0.2) is 48.4 Å². The Hall–Kier alpha value is -3.26. The topological polar surface area (TPSA) is 87.8 Å². The van der Waals surface area contributed by atoms with Crippen molar-refractivity contribution < 1.29 is 19.7 Å². The number of benzene rings is 1. The predicted molar refractivity (Wildman–Crippen MR) is 107 cm³/mol. The molecule has 0 radical (unpaired) electrons. The Kier molecular flexibility index (Phi) is 5.39. The number of carbonyl (C=O) groups is 1. The fourth-order valence-electron chi connectivity index (χ4n) is 2.57. The Morgan fingerprint density at radius 3 is 2.38 bits per heavy atom. The third-order valence-electron chi connectivity index (χ3n) is 3.86. The molecule has 0 unspecified atom stereocenters. The van der Waals surface area contributed by atoms with Gasteiger partial charge in [0.15, 0.2) is 0 Å². The lowest BCUT2D eigenvalue weighted by Crippen LogP contribution is -2.25. The number of nitrogens with zero attached hydrogens (tertiary/aromatic N) is 3. The molecular formula is C22H23N3O4. The second kappa shape index (κ2) is 7.63. The van der Waals surface area contributed by atoms with Crippen molar-refractivity contribution in [2.45, 2.75) is 45.4 Å². The molecule has 7 heteroatoms. The maximum Gasteiger partial charge on any atom is 0.297 e. The Bertz CT molecular complexity index is 1020. The number of hydrogen-bond donors (Lipinski definition) is 2. The van der Waals surface area contributed by atoms with E-state index < -0.39 is 17.1 Å². The maximum absolute atomic E-state index is 13.0. The molecule has 2 N–H and O–H groups in total. The average molecular weight is 393 g/mol. The van der Waals surface area contributed by atoms with Crippen molar-refractivity contribution in [2.24, 2.45) is 0 Å². The summed E-state index contributed by atoms with van der Waals surface area (Å²) >= 11 is 0. The molecule has 0 saturated heterocycles. The highest BCUT2D eigenvalue weighted by Crippen LogP contribution is 2.31. The number of para-hydroxylation sites is 1. The van der Waals surface area contributed by atoms with Gasteiger partial charge < -0.3 is 19.5 Å². The summed E-state index contributed by atoms with van der Waals surface area (Å²) in [5.74, 6) is 5.92. The zero-order valence-corrected chi connectivity index (χ0v) is 16.9. The van der Waals surface area contributed by atoms with Gasteiger partial charge in [-0.2, -0.15) is 4.90 Å². The molecule has 0 bridgehead atoms. The van der Waals surface area contributed by atoms with Gasteiger partial charge in [-0.15, -0.1) is 0 Å². The predicted octanol–water partition coefficient (Wildman–Crippen LogP) is 1.85. The van der Waals surface area contributed by atoms with Crippen molar-refractivity contribution in [3.63, 3.8) is 0 Å². The van der Waals surface area contributed by atoms with Crippen LogP contribution >= 0.6 is 0 Å². The highest BCUT2D eigenvalue weighted by molar-refractivity contribution is 5.95. The first kappa shape index (κ1) is 20.5. The smallest absolute Gasteiger partial charge is 0.297 e. The molecule has 7 nitrogen and oxygen atoms in total. The SMILES string of the molecule is CC(C)(O)C#CN(C#CC(C)(C)O)C(=O)c1cn2c(n1)-c1ccccc1OCC2. The van der Waals surface area contributed by atoms with Crippen molar-refractivity contribution >= 4 is 5.91 Å². The molecule has 1 aromatic heterocycles. The molecule has 1 amide bonds. The van der Waals surface area contributed by atoms with E-state index in [0.29, 0.717) is 24.7 Å². The number of ether oxygens (including phenoxy) is 1. The maximum atomic E-state index is 13.0. The molecule has 1 aromatic carbocycles. The summed E-state index contributed by atoms with van der Waals surface area (Å²) in [5.41, 5.74) is -1.67. The van der Waals surface area contributed by atoms with E-state index >= 15 is 0 Å². The van der Waals surface area contributed by atoms with Crippen molar-refractivity contribution in [3.8, 4) is 41.1 Å². The summed E-state index contributed by atoms with van der Waals surface area (Å²) in [7, 11) is 0. The lowest BCUT2D eigenvalue weighted by Gasteiger charge is -2.11. The summed E-state index contributed by atoms with van der Waals surface area (Å²) < 4.78 is 7.58. The average Bonchev–Trinajstić information content (AvgIpc) is 2.96. The van der Waals surface area contributed by atoms with Gasteiger partial charge >= 0.3 is 0 Å². The molecule has 0 aliphatic carbocycles. The zero-order chi connectivity index (χ0) is 21.2. The second-order valence-corrected chi connectivity index (χ2v) is 7.72. The fraction of sp³-hybridized carbons (Fsp3) is 0.364. The number of carbonyl (C=O) groups excluding carboxylic acids is 1. The third kappa shape index (κ3) is 5.17. The minimum atomic E-state index is -1.31. The summed E-state index contributed by atoms with van der Waals surface area (Å²) in [5, 5.41) is 19.8. The number of fused-ring (bicyclic) bond motifs is 3. The summed E-state index contributed by atoms with van der Waals surface area (Å²) in [6, 6.07) is 12.6. The number of imidazole rings is 1. The van der Waals surface area contributed by atoms with Gasteiger partial charge in [0.05, 0.1) is 12.1 Å². The third-order valence-corrected chi connectivity index (χ3v) is 3.86. The van der Waals surface area contributed by atoms with Crippen LogP contribution in [0.1, 0.15) is 38.2 Å². The minimum absolute atomic E-state index is 0.159. The zero-order valence-electron chi connectivity index (χ0n) is 16.9. The second-order valence-electron chi connectivity index (χ2n) is 7.72. The van der Waals surface area contributed by atoms with Crippen LogP contribution in [0.3, 0.4) is 0 Å². The van der Waals surface area contributed by atoms with E-state index in [4.69, 9.17) is 4.74 Å². The van der Waals surface area contributed by atoms with Crippen molar-refractivity contribution in [3.05, 3.63) is 36.2 Å². The minimum Gasteiger partial charge on any atom is -0.491 e.